The molecular weight excluding hydrogens is 440 g/mol. The smallest absolute Gasteiger partial charge is 0.258 e. The van der Waals surface area contributed by atoms with Crippen LogP contribution in [0.15, 0.2) is 78.2 Å². The van der Waals surface area contributed by atoms with Gasteiger partial charge in [0.15, 0.2) is 5.13 Å². The van der Waals surface area contributed by atoms with Crippen molar-refractivity contribution < 1.29 is 13.6 Å². The van der Waals surface area contributed by atoms with Gasteiger partial charge in [0.1, 0.15) is 11.6 Å². The van der Waals surface area contributed by atoms with Gasteiger partial charge in [0.25, 0.3) is 5.91 Å². The highest BCUT2D eigenvalue weighted by Gasteiger charge is 2.17. The number of carbonyl (C=O) groups is 1. The summed E-state index contributed by atoms with van der Waals surface area (Å²) in [6.07, 6.45) is 0. The van der Waals surface area contributed by atoms with Gasteiger partial charge in [0, 0.05) is 28.0 Å². The quantitative estimate of drug-likeness (QED) is 0.321. The number of amides is 1. The van der Waals surface area contributed by atoms with Gasteiger partial charge < -0.3 is 0 Å². The van der Waals surface area contributed by atoms with Crippen molar-refractivity contribution >= 4 is 33.3 Å². The van der Waals surface area contributed by atoms with Crippen LogP contribution in [-0.2, 0) is 0 Å². The Bertz CT molecular complexity index is 1500. The van der Waals surface area contributed by atoms with E-state index in [0.29, 0.717) is 33.0 Å². The molecule has 0 saturated heterocycles. The predicted octanol–water partition coefficient (Wildman–Crippen LogP) is 6.86. The summed E-state index contributed by atoms with van der Waals surface area (Å²) in [5.41, 5.74) is 4.39. The molecule has 5 aromatic rings. The molecule has 4 nitrogen and oxygen atoms in total. The summed E-state index contributed by atoms with van der Waals surface area (Å²) in [7, 11) is 0. The lowest BCUT2D eigenvalue weighted by Gasteiger charge is -2.10. The molecule has 1 N–H and O–H groups in total. The molecule has 162 valence electrons. The zero-order valence-corrected chi connectivity index (χ0v) is 18.3. The molecular formula is C26H17F2N3OS. The number of fused-ring (bicyclic) bond motifs is 1. The monoisotopic (exact) mass is 457 g/mol. The summed E-state index contributed by atoms with van der Waals surface area (Å²) in [4.78, 5) is 22.3. The van der Waals surface area contributed by atoms with Crippen molar-refractivity contribution in [3.8, 4) is 22.5 Å². The number of hydrogen-bond acceptors (Lipinski definition) is 4. The number of nitrogens with one attached hydrogen (secondary N) is 1. The fraction of sp³-hybridized carbons (Fsp3) is 0.0385. The molecule has 0 aliphatic heterocycles. The van der Waals surface area contributed by atoms with Crippen molar-refractivity contribution in [3.63, 3.8) is 0 Å². The van der Waals surface area contributed by atoms with Crippen LogP contribution >= 0.6 is 11.3 Å². The molecule has 0 aliphatic carbocycles. The van der Waals surface area contributed by atoms with E-state index in [4.69, 9.17) is 4.98 Å². The Morgan fingerprint density at radius 1 is 0.909 bits per heavy atom. The third kappa shape index (κ3) is 4.23. The number of aromatic nitrogens is 2. The predicted molar refractivity (Wildman–Crippen MR) is 127 cm³/mol. The van der Waals surface area contributed by atoms with Gasteiger partial charge in [-0.15, -0.1) is 11.3 Å². The maximum Gasteiger partial charge on any atom is 0.258 e. The van der Waals surface area contributed by atoms with E-state index >= 15 is 0 Å². The van der Waals surface area contributed by atoms with E-state index < -0.39 is 11.6 Å². The third-order valence-electron chi connectivity index (χ3n) is 5.24. The lowest BCUT2D eigenvalue weighted by atomic mass is 10.0. The van der Waals surface area contributed by atoms with Crippen molar-refractivity contribution in [1.82, 2.24) is 9.97 Å². The van der Waals surface area contributed by atoms with E-state index in [1.807, 2.05) is 55.5 Å². The maximum absolute atomic E-state index is 14.1. The second kappa shape index (κ2) is 8.52. The molecule has 0 atom stereocenters. The van der Waals surface area contributed by atoms with Gasteiger partial charge >= 0.3 is 0 Å². The topological polar surface area (TPSA) is 54.9 Å². The van der Waals surface area contributed by atoms with E-state index in [0.717, 1.165) is 17.2 Å². The summed E-state index contributed by atoms with van der Waals surface area (Å²) in [6.45, 7) is 2.01. The lowest BCUT2D eigenvalue weighted by Crippen LogP contribution is -2.13. The fourth-order valence-corrected chi connectivity index (χ4v) is 4.26. The Kier molecular flexibility index (Phi) is 5.40. The second-order valence-corrected chi connectivity index (χ2v) is 8.41. The normalized spacial score (nSPS) is 11.0. The number of benzene rings is 3. The third-order valence-corrected chi connectivity index (χ3v) is 6.00. The van der Waals surface area contributed by atoms with Crippen LogP contribution in [0.4, 0.5) is 13.9 Å². The number of para-hydroxylation sites is 1. The van der Waals surface area contributed by atoms with Gasteiger partial charge in [-0.05, 0) is 31.2 Å². The summed E-state index contributed by atoms with van der Waals surface area (Å²) < 4.78 is 27.3. The first kappa shape index (κ1) is 20.9. The molecule has 5 rings (SSSR count). The molecule has 2 aromatic heterocycles. The number of pyridine rings is 1. The first-order valence-corrected chi connectivity index (χ1v) is 11.0. The van der Waals surface area contributed by atoms with Crippen molar-refractivity contribution in [3.05, 3.63) is 101 Å². The summed E-state index contributed by atoms with van der Waals surface area (Å²) in [5, 5.41) is 5.45. The van der Waals surface area contributed by atoms with E-state index in [1.165, 1.54) is 23.5 Å². The Morgan fingerprint density at radius 2 is 1.70 bits per heavy atom. The number of thiazole rings is 1. The van der Waals surface area contributed by atoms with Crippen LogP contribution in [0.2, 0.25) is 0 Å². The van der Waals surface area contributed by atoms with Gasteiger partial charge in [-0.25, -0.2) is 18.7 Å². The Labute approximate surface area is 192 Å². The van der Waals surface area contributed by atoms with Crippen molar-refractivity contribution in [1.29, 1.82) is 0 Å². The minimum atomic E-state index is -0.707. The lowest BCUT2D eigenvalue weighted by molar-refractivity contribution is 0.102. The molecule has 7 heteroatoms. The standard InChI is InChI=1S/C26H17F2N3OS/c1-15-6-8-16(9-7-15)23-13-20(18-4-2-3-5-22(18)29-23)25(32)31-26-30-24(14-33-26)19-11-10-17(27)12-21(19)28/h2-14H,1H3,(H,30,31,32). The first-order chi connectivity index (χ1) is 16.0. The van der Waals surface area contributed by atoms with Gasteiger partial charge in [0.2, 0.25) is 0 Å². The molecule has 0 fully saturated rings. The molecule has 33 heavy (non-hydrogen) atoms. The van der Waals surface area contributed by atoms with Crippen LogP contribution in [0, 0.1) is 18.6 Å². The van der Waals surface area contributed by atoms with Crippen LogP contribution in [0.1, 0.15) is 15.9 Å². The van der Waals surface area contributed by atoms with E-state index in [9.17, 15) is 13.6 Å². The van der Waals surface area contributed by atoms with Gasteiger partial charge in [-0.1, -0.05) is 48.0 Å². The molecule has 3 aromatic carbocycles. The highest BCUT2D eigenvalue weighted by atomic mass is 32.1. The number of nitrogens with zero attached hydrogens (tertiary/aromatic N) is 2. The van der Waals surface area contributed by atoms with E-state index in [1.54, 1.807) is 11.4 Å². The average molecular weight is 458 g/mol. The zero-order valence-electron chi connectivity index (χ0n) is 17.5. The number of anilines is 1. The molecule has 0 radical (unpaired) electrons. The SMILES string of the molecule is Cc1ccc(-c2cc(C(=O)Nc3nc(-c4ccc(F)cc4F)cs3)c3ccccc3n2)cc1. The van der Waals surface area contributed by atoms with Crippen LogP contribution in [0.3, 0.4) is 0 Å². The number of carbonyl (C=O) groups excluding carboxylic acids is 1. The number of rotatable bonds is 4. The van der Waals surface area contributed by atoms with E-state index in [-0.39, 0.29) is 11.5 Å². The van der Waals surface area contributed by atoms with Crippen molar-refractivity contribution in [2.75, 3.05) is 5.32 Å². The van der Waals surface area contributed by atoms with E-state index in [2.05, 4.69) is 10.3 Å². The van der Waals surface area contributed by atoms with Crippen LogP contribution in [0.5, 0.6) is 0 Å². The first-order valence-electron chi connectivity index (χ1n) is 10.2. The Morgan fingerprint density at radius 3 is 2.48 bits per heavy atom. The zero-order chi connectivity index (χ0) is 22.9. The Hall–Kier alpha value is -3.97. The number of aryl methyl sites for hydroxylation is 1. The van der Waals surface area contributed by atoms with Crippen LogP contribution in [-0.4, -0.2) is 15.9 Å². The number of hydrogen-bond donors (Lipinski definition) is 1. The minimum Gasteiger partial charge on any atom is -0.298 e. The summed E-state index contributed by atoms with van der Waals surface area (Å²) >= 11 is 1.17. The second-order valence-electron chi connectivity index (χ2n) is 7.55. The Balaban J connectivity index is 1.50. The van der Waals surface area contributed by atoms with Gasteiger partial charge in [-0.3, -0.25) is 10.1 Å². The van der Waals surface area contributed by atoms with Gasteiger partial charge in [-0.2, -0.15) is 0 Å². The molecule has 0 unspecified atom stereocenters. The highest BCUT2D eigenvalue weighted by Crippen LogP contribution is 2.29. The minimum absolute atomic E-state index is 0.171. The molecule has 1 amide bonds. The average Bonchev–Trinajstić information content (AvgIpc) is 3.26. The molecule has 2 heterocycles. The molecule has 0 aliphatic rings. The van der Waals surface area contributed by atoms with Crippen molar-refractivity contribution in [2.45, 2.75) is 6.92 Å². The largest absolute Gasteiger partial charge is 0.298 e. The summed E-state index contributed by atoms with van der Waals surface area (Å²) in [5.74, 6) is -1.71. The highest BCUT2D eigenvalue weighted by molar-refractivity contribution is 7.14. The van der Waals surface area contributed by atoms with Crippen LogP contribution < -0.4 is 5.32 Å². The molecule has 0 bridgehead atoms. The molecule has 0 spiro atoms. The van der Waals surface area contributed by atoms with Gasteiger partial charge in [0.05, 0.1) is 22.5 Å². The van der Waals surface area contributed by atoms with Crippen molar-refractivity contribution in [2.24, 2.45) is 0 Å². The molecule has 0 saturated carbocycles. The maximum atomic E-state index is 14.1. The van der Waals surface area contributed by atoms with Crippen LogP contribution in [0.25, 0.3) is 33.4 Å². The number of halogens is 2. The summed E-state index contributed by atoms with van der Waals surface area (Å²) in [6, 6.07) is 20.4. The fourth-order valence-electron chi connectivity index (χ4n) is 3.55.